The summed E-state index contributed by atoms with van der Waals surface area (Å²) in [5.74, 6) is 1.95. The molecule has 4 aliphatic carbocycles. The van der Waals surface area contributed by atoms with Crippen LogP contribution in [-0.2, 0) is 14.3 Å². The Morgan fingerprint density at radius 2 is 1.96 bits per heavy atom. The van der Waals surface area contributed by atoms with Crippen LogP contribution in [0.5, 0.6) is 0 Å². The van der Waals surface area contributed by atoms with E-state index in [1.165, 1.54) is 32.6 Å². The number of carbonyl (C=O) groups is 2. The monoisotopic (exact) mass is 356 g/mol. The topological polar surface area (TPSA) is 43.4 Å². The number of carbonyl (C=O) groups excluding carboxylic acids is 2. The smallest absolute Gasteiger partial charge is 0.303 e. The van der Waals surface area contributed by atoms with Crippen LogP contribution in [0.25, 0.3) is 0 Å². The van der Waals surface area contributed by atoms with Gasteiger partial charge in [-0.1, -0.05) is 32.1 Å². The maximum atomic E-state index is 12.8. The Bertz CT molecular complexity index is 675. The summed E-state index contributed by atoms with van der Waals surface area (Å²) in [7, 11) is 0. The third-order valence-corrected chi connectivity index (χ3v) is 8.46. The highest BCUT2D eigenvalue weighted by molar-refractivity contribution is 5.85. The summed E-state index contributed by atoms with van der Waals surface area (Å²) >= 11 is 0. The number of ketones is 1. The second-order valence-corrected chi connectivity index (χ2v) is 9.55. The molecule has 0 radical (unpaired) electrons. The van der Waals surface area contributed by atoms with Crippen LogP contribution in [0.15, 0.2) is 23.8 Å². The first-order chi connectivity index (χ1) is 12.4. The molecule has 2 saturated carbocycles. The molecule has 3 heteroatoms. The number of rotatable bonds is 3. The van der Waals surface area contributed by atoms with Crippen molar-refractivity contribution in [1.29, 1.82) is 0 Å². The molecule has 0 heterocycles. The lowest BCUT2D eigenvalue weighted by Crippen LogP contribution is -2.50. The third-order valence-electron chi connectivity index (χ3n) is 8.46. The average Bonchev–Trinajstić information content (AvgIpc) is 2.96. The number of esters is 1. The Labute approximate surface area is 157 Å². The molecule has 4 rings (SSSR count). The van der Waals surface area contributed by atoms with E-state index in [0.717, 1.165) is 25.2 Å². The largest absolute Gasteiger partial charge is 0.458 e. The Morgan fingerprint density at radius 1 is 1.15 bits per heavy atom. The molecular formula is C23H32O3. The summed E-state index contributed by atoms with van der Waals surface area (Å²) in [5.41, 5.74) is 1.98. The van der Waals surface area contributed by atoms with Crippen molar-refractivity contribution in [2.75, 3.05) is 6.61 Å². The zero-order chi connectivity index (χ0) is 18.5. The lowest BCUT2D eigenvalue weighted by Gasteiger charge is -2.56. The predicted octanol–water partition coefficient (Wildman–Crippen LogP) is 4.86. The van der Waals surface area contributed by atoms with Gasteiger partial charge in [0.1, 0.15) is 6.61 Å². The Morgan fingerprint density at radius 3 is 2.73 bits per heavy atom. The van der Waals surface area contributed by atoms with Crippen LogP contribution in [0.4, 0.5) is 0 Å². The fourth-order valence-electron chi connectivity index (χ4n) is 7.10. The van der Waals surface area contributed by atoms with Crippen LogP contribution in [0.3, 0.4) is 0 Å². The van der Waals surface area contributed by atoms with Gasteiger partial charge in [-0.3, -0.25) is 9.59 Å². The van der Waals surface area contributed by atoms with Gasteiger partial charge in [0.2, 0.25) is 0 Å². The quantitative estimate of drug-likeness (QED) is 0.678. The Hall–Kier alpha value is -1.38. The summed E-state index contributed by atoms with van der Waals surface area (Å²) in [6.45, 7) is 6.17. The van der Waals surface area contributed by atoms with E-state index >= 15 is 0 Å². The van der Waals surface area contributed by atoms with Crippen molar-refractivity contribution in [3.8, 4) is 0 Å². The lowest BCUT2D eigenvalue weighted by atomic mass is 9.48. The molecule has 4 aliphatic rings. The van der Waals surface area contributed by atoms with E-state index < -0.39 is 0 Å². The van der Waals surface area contributed by atoms with Crippen molar-refractivity contribution in [3.63, 3.8) is 0 Å². The fourth-order valence-corrected chi connectivity index (χ4v) is 7.10. The maximum Gasteiger partial charge on any atom is 0.303 e. The SMILES string of the molecule is CC(=O)OCC(=O)[C@H]1CC[C@H]2[C@@H]3CC=C4C=CCC[C@]4(C)[C@H]3CC[C@]12C. The molecule has 3 nitrogen and oxygen atoms in total. The number of Topliss-reactive ketones (excluding diaryl/α,β-unsaturated/α-hetero) is 1. The molecule has 0 saturated heterocycles. The van der Waals surface area contributed by atoms with Gasteiger partial charge in [0.05, 0.1) is 0 Å². The first-order valence-corrected chi connectivity index (χ1v) is 10.4. The highest BCUT2D eigenvalue weighted by Crippen LogP contribution is 2.65. The van der Waals surface area contributed by atoms with Crippen molar-refractivity contribution < 1.29 is 14.3 Å². The minimum atomic E-state index is -0.356. The van der Waals surface area contributed by atoms with Gasteiger partial charge < -0.3 is 4.74 Å². The first kappa shape index (κ1) is 18.0. The second-order valence-electron chi connectivity index (χ2n) is 9.55. The van der Waals surface area contributed by atoms with Gasteiger partial charge in [-0.15, -0.1) is 0 Å². The molecular weight excluding hydrogens is 324 g/mol. The lowest BCUT2D eigenvalue weighted by molar-refractivity contribution is -0.149. The van der Waals surface area contributed by atoms with E-state index in [1.54, 1.807) is 5.57 Å². The van der Waals surface area contributed by atoms with E-state index in [4.69, 9.17) is 4.74 Å². The molecule has 0 spiro atoms. The van der Waals surface area contributed by atoms with Gasteiger partial charge in [0.25, 0.3) is 0 Å². The summed E-state index contributed by atoms with van der Waals surface area (Å²) in [6.07, 6.45) is 15.3. The molecule has 0 aromatic rings. The minimum absolute atomic E-state index is 0.0387. The Balaban J connectivity index is 1.57. The van der Waals surface area contributed by atoms with Crippen LogP contribution in [-0.4, -0.2) is 18.4 Å². The van der Waals surface area contributed by atoms with Gasteiger partial charge in [-0.05, 0) is 79.1 Å². The van der Waals surface area contributed by atoms with E-state index in [0.29, 0.717) is 17.3 Å². The predicted molar refractivity (Wildman–Crippen MR) is 101 cm³/mol. The number of hydrogen-bond donors (Lipinski definition) is 0. The number of hydrogen-bond acceptors (Lipinski definition) is 3. The molecule has 6 atom stereocenters. The molecule has 0 aromatic heterocycles. The molecule has 26 heavy (non-hydrogen) atoms. The van der Waals surface area contributed by atoms with Crippen LogP contribution in [0.1, 0.15) is 65.7 Å². The van der Waals surface area contributed by atoms with Crippen molar-refractivity contribution >= 4 is 11.8 Å². The van der Waals surface area contributed by atoms with Crippen molar-refractivity contribution in [1.82, 2.24) is 0 Å². The minimum Gasteiger partial charge on any atom is -0.458 e. The zero-order valence-corrected chi connectivity index (χ0v) is 16.4. The summed E-state index contributed by atoms with van der Waals surface area (Å²) in [5, 5.41) is 0. The van der Waals surface area contributed by atoms with Gasteiger partial charge >= 0.3 is 5.97 Å². The zero-order valence-electron chi connectivity index (χ0n) is 16.4. The summed E-state index contributed by atoms with van der Waals surface area (Å²) in [4.78, 5) is 23.9. The van der Waals surface area contributed by atoms with E-state index in [1.807, 2.05) is 0 Å². The van der Waals surface area contributed by atoms with Crippen LogP contribution >= 0.6 is 0 Å². The highest BCUT2D eigenvalue weighted by Gasteiger charge is 2.59. The van der Waals surface area contributed by atoms with Gasteiger partial charge in [0.15, 0.2) is 5.78 Å². The van der Waals surface area contributed by atoms with E-state index in [-0.39, 0.29) is 29.7 Å². The molecule has 0 N–H and O–H groups in total. The molecule has 0 aliphatic heterocycles. The molecule has 0 unspecified atom stereocenters. The molecule has 0 aromatic carbocycles. The first-order valence-electron chi connectivity index (χ1n) is 10.4. The molecule has 2 fully saturated rings. The number of allylic oxidation sites excluding steroid dienone is 4. The second kappa shape index (κ2) is 6.35. The molecule has 0 amide bonds. The van der Waals surface area contributed by atoms with Crippen molar-refractivity contribution in [2.45, 2.75) is 65.7 Å². The summed E-state index contributed by atoms with van der Waals surface area (Å²) < 4.78 is 5.03. The highest BCUT2D eigenvalue weighted by atomic mass is 16.5. The number of ether oxygens (including phenoxy) is 1. The van der Waals surface area contributed by atoms with Gasteiger partial charge in [-0.2, -0.15) is 0 Å². The van der Waals surface area contributed by atoms with Gasteiger partial charge in [-0.25, -0.2) is 0 Å². The van der Waals surface area contributed by atoms with Gasteiger partial charge in [0, 0.05) is 12.8 Å². The standard InChI is InChI=1S/C23H32O3/c1-15(24)26-14-21(25)20-10-9-18-17-8-7-16-6-4-5-12-22(16,2)19(17)11-13-23(18,20)3/h4,6-7,17-20H,5,8-14H2,1-3H3/t17-,18-,19-,20+,22-,23-/m0/s1. The van der Waals surface area contributed by atoms with Crippen LogP contribution in [0, 0.1) is 34.5 Å². The number of fused-ring (bicyclic) bond motifs is 5. The molecule has 142 valence electrons. The van der Waals surface area contributed by atoms with E-state index in [9.17, 15) is 9.59 Å². The van der Waals surface area contributed by atoms with Crippen molar-refractivity contribution in [3.05, 3.63) is 23.8 Å². The van der Waals surface area contributed by atoms with Crippen LogP contribution < -0.4 is 0 Å². The average molecular weight is 357 g/mol. The fraction of sp³-hybridized carbons (Fsp3) is 0.739. The van der Waals surface area contributed by atoms with Crippen LogP contribution in [0.2, 0.25) is 0 Å². The summed E-state index contributed by atoms with van der Waals surface area (Å²) in [6, 6.07) is 0. The maximum absolute atomic E-state index is 12.8. The molecule has 0 bridgehead atoms. The third kappa shape index (κ3) is 2.61. The van der Waals surface area contributed by atoms with E-state index in [2.05, 4.69) is 32.1 Å². The van der Waals surface area contributed by atoms with Crippen molar-refractivity contribution in [2.24, 2.45) is 34.5 Å². The Kier molecular flexibility index (Phi) is 4.40. The normalized spacial score (nSPS) is 43.7.